The molecule has 0 aliphatic heterocycles. The molecule has 2 aromatic carbocycles. The van der Waals surface area contributed by atoms with Crippen molar-refractivity contribution >= 4 is 0 Å². The van der Waals surface area contributed by atoms with Gasteiger partial charge in [-0.2, -0.15) is 0 Å². The van der Waals surface area contributed by atoms with Gasteiger partial charge in [-0.1, -0.05) is 67.8 Å². The summed E-state index contributed by atoms with van der Waals surface area (Å²) < 4.78 is 0. The van der Waals surface area contributed by atoms with Crippen molar-refractivity contribution in [1.82, 2.24) is 5.32 Å². The summed E-state index contributed by atoms with van der Waals surface area (Å²) in [6.45, 7) is 2.18. The normalized spacial score (nSPS) is 14.9. The van der Waals surface area contributed by atoms with Crippen molar-refractivity contribution in [2.75, 3.05) is 0 Å². The molecule has 0 saturated carbocycles. The minimum atomic E-state index is 0.124. The van der Waals surface area contributed by atoms with Gasteiger partial charge in [-0.05, 0) is 35.1 Å². The Kier molecular flexibility index (Phi) is 4.08. The Morgan fingerprint density at radius 3 is 2.19 bits per heavy atom. The molecule has 21 heavy (non-hydrogen) atoms. The fourth-order valence-corrected chi connectivity index (χ4v) is 3.21. The highest BCUT2D eigenvalue weighted by atomic mass is 14.9. The standard InChI is InChI=1S/C20H21N/c1-3-9-17(4-2)21-20-18-12-7-5-10-15(18)14-16-11-6-8-13-19(16)20/h2,5-8,10-13,17,20-21H,3,9,14H2,1H3. The molecule has 106 valence electrons. The van der Waals surface area contributed by atoms with Crippen LogP contribution >= 0.6 is 0 Å². The van der Waals surface area contributed by atoms with E-state index in [1.54, 1.807) is 0 Å². The van der Waals surface area contributed by atoms with Crippen LogP contribution in [0.1, 0.15) is 48.1 Å². The van der Waals surface area contributed by atoms with Crippen molar-refractivity contribution in [3.63, 3.8) is 0 Å². The Morgan fingerprint density at radius 2 is 1.67 bits per heavy atom. The first-order chi connectivity index (χ1) is 10.3. The summed E-state index contributed by atoms with van der Waals surface area (Å²) in [5.74, 6) is 2.90. The fourth-order valence-electron chi connectivity index (χ4n) is 3.21. The molecule has 0 saturated heterocycles. The van der Waals surface area contributed by atoms with E-state index in [1.807, 2.05) is 0 Å². The van der Waals surface area contributed by atoms with Gasteiger partial charge in [0.1, 0.15) is 0 Å². The van der Waals surface area contributed by atoms with E-state index in [9.17, 15) is 0 Å². The fraction of sp³-hybridized carbons (Fsp3) is 0.300. The second-order valence-corrected chi connectivity index (χ2v) is 5.68. The lowest BCUT2D eigenvalue weighted by Crippen LogP contribution is -2.34. The van der Waals surface area contributed by atoms with E-state index in [1.165, 1.54) is 22.3 Å². The van der Waals surface area contributed by atoms with Crippen molar-refractivity contribution in [3.05, 3.63) is 70.8 Å². The Balaban J connectivity index is 2.00. The third-order valence-corrected chi connectivity index (χ3v) is 4.26. The van der Waals surface area contributed by atoms with E-state index in [4.69, 9.17) is 6.42 Å². The van der Waals surface area contributed by atoms with Crippen LogP contribution in [0.15, 0.2) is 48.5 Å². The van der Waals surface area contributed by atoms with E-state index in [0.29, 0.717) is 0 Å². The topological polar surface area (TPSA) is 12.0 Å². The van der Waals surface area contributed by atoms with Crippen molar-refractivity contribution < 1.29 is 0 Å². The molecular formula is C20H21N. The first kappa shape index (κ1) is 13.9. The van der Waals surface area contributed by atoms with Crippen molar-refractivity contribution in [2.45, 2.75) is 38.3 Å². The molecule has 1 aliphatic carbocycles. The average Bonchev–Trinajstić information content (AvgIpc) is 2.53. The van der Waals surface area contributed by atoms with Gasteiger partial charge >= 0.3 is 0 Å². The minimum absolute atomic E-state index is 0.124. The summed E-state index contributed by atoms with van der Waals surface area (Å²) in [4.78, 5) is 0. The molecule has 0 spiro atoms. The minimum Gasteiger partial charge on any atom is -0.293 e. The molecule has 0 radical (unpaired) electrons. The molecule has 0 heterocycles. The van der Waals surface area contributed by atoms with E-state index < -0.39 is 0 Å². The Hall–Kier alpha value is -2.04. The van der Waals surface area contributed by atoms with E-state index in [2.05, 4.69) is 66.7 Å². The molecule has 2 aromatic rings. The number of rotatable bonds is 4. The van der Waals surface area contributed by atoms with E-state index >= 15 is 0 Å². The van der Waals surface area contributed by atoms with Gasteiger partial charge in [0.05, 0.1) is 12.1 Å². The van der Waals surface area contributed by atoms with E-state index in [0.717, 1.165) is 19.3 Å². The molecule has 0 aromatic heterocycles. The first-order valence-corrected chi connectivity index (χ1v) is 7.71. The molecule has 1 N–H and O–H groups in total. The van der Waals surface area contributed by atoms with Gasteiger partial charge in [0.2, 0.25) is 0 Å². The third-order valence-electron chi connectivity index (χ3n) is 4.26. The zero-order valence-corrected chi connectivity index (χ0v) is 12.5. The number of hydrogen-bond donors (Lipinski definition) is 1. The lowest BCUT2D eigenvalue weighted by Gasteiger charge is -2.31. The molecular weight excluding hydrogens is 254 g/mol. The molecule has 1 aliphatic rings. The molecule has 0 bridgehead atoms. The van der Waals surface area contributed by atoms with Crippen LogP contribution in [0.3, 0.4) is 0 Å². The summed E-state index contributed by atoms with van der Waals surface area (Å²) in [6, 6.07) is 17.7. The summed E-state index contributed by atoms with van der Waals surface area (Å²) >= 11 is 0. The molecule has 0 fully saturated rings. The van der Waals surface area contributed by atoms with Gasteiger partial charge in [-0.25, -0.2) is 0 Å². The van der Waals surface area contributed by atoms with Gasteiger partial charge in [-0.15, -0.1) is 6.42 Å². The highest BCUT2D eigenvalue weighted by Gasteiger charge is 2.26. The maximum Gasteiger partial charge on any atom is 0.0694 e. The molecule has 1 unspecified atom stereocenters. The zero-order valence-electron chi connectivity index (χ0n) is 12.5. The van der Waals surface area contributed by atoms with Crippen LogP contribution in [-0.4, -0.2) is 6.04 Å². The van der Waals surface area contributed by atoms with Gasteiger partial charge in [-0.3, -0.25) is 5.32 Å². The first-order valence-electron chi connectivity index (χ1n) is 7.71. The maximum atomic E-state index is 5.70. The highest BCUT2D eigenvalue weighted by molar-refractivity contribution is 5.48. The van der Waals surface area contributed by atoms with Crippen LogP contribution in [0.25, 0.3) is 0 Å². The van der Waals surface area contributed by atoms with Crippen molar-refractivity contribution in [1.29, 1.82) is 0 Å². The van der Waals surface area contributed by atoms with Crippen LogP contribution in [0.5, 0.6) is 0 Å². The second kappa shape index (κ2) is 6.16. The van der Waals surface area contributed by atoms with Crippen molar-refractivity contribution in [2.24, 2.45) is 0 Å². The predicted octanol–water partition coefficient (Wildman–Crippen LogP) is 4.07. The average molecular weight is 275 g/mol. The number of terminal acetylenes is 1. The van der Waals surface area contributed by atoms with Crippen LogP contribution in [-0.2, 0) is 6.42 Å². The van der Waals surface area contributed by atoms with Crippen LogP contribution in [0, 0.1) is 12.3 Å². The van der Waals surface area contributed by atoms with Gasteiger partial charge < -0.3 is 0 Å². The van der Waals surface area contributed by atoms with E-state index in [-0.39, 0.29) is 12.1 Å². The van der Waals surface area contributed by atoms with Gasteiger partial charge in [0.15, 0.2) is 0 Å². The van der Waals surface area contributed by atoms with Crippen LogP contribution < -0.4 is 5.32 Å². The summed E-state index contributed by atoms with van der Waals surface area (Å²) in [5, 5.41) is 3.68. The van der Waals surface area contributed by atoms with Crippen molar-refractivity contribution in [3.8, 4) is 12.3 Å². The van der Waals surface area contributed by atoms with Gasteiger partial charge in [0.25, 0.3) is 0 Å². The Bertz CT molecular complexity index is 620. The molecule has 0 amide bonds. The van der Waals surface area contributed by atoms with Gasteiger partial charge in [0, 0.05) is 0 Å². The van der Waals surface area contributed by atoms with Crippen LogP contribution in [0.2, 0.25) is 0 Å². The number of nitrogens with one attached hydrogen (secondary N) is 1. The predicted molar refractivity (Wildman–Crippen MR) is 88.2 cm³/mol. The third kappa shape index (κ3) is 2.73. The Labute approximate surface area is 127 Å². The monoisotopic (exact) mass is 275 g/mol. The molecule has 1 nitrogen and oxygen atoms in total. The number of fused-ring (bicyclic) bond motifs is 2. The Morgan fingerprint density at radius 1 is 1.10 bits per heavy atom. The quantitative estimate of drug-likeness (QED) is 0.829. The SMILES string of the molecule is C#CC(CCC)NC1c2ccccc2Cc2ccccc21. The lowest BCUT2D eigenvalue weighted by atomic mass is 9.82. The lowest BCUT2D eigenvalue weighted by molar-refractivity contribution is 0.506. The maximum absolute atomic E-state index is 5.70. The zero-order chi connectivity index (χ0) is 14.7. The molecule has 3 rings (SSSR count). The second-order valence-electron chi connectivity index (χ2n) is 5.68. The van der Waals surface area contributed by atoms with Crippen LogP contribution in [0.4, 0.5) is 0 Å². The molecule has 1 heteroatoms. The smallest absolute Gasteiger partial charge is 0.0694 e. The summed E-state index contributed by atoms with van der Waals surface area (Å²) in [7, 11) is 0. The number of benzene rings is 2. The molecule has 1 atom stereocenters. The summed E-state index contributed by atoms with van der Waals surface area (Å²) in [6.07, 6.45) is 8.82. The number of hydrogen-bond acceptors (Lipinski definition) is 1. The highest BCUT2D eigenvalue weighted by Crippen LogP contribution is 2.35. The summed E-state index contributed by atoms with van der Waals surface area (Å²) in [5.41, 5.74) is 5.54. The largest absolute Gasteiger partial charge is 0.293 e.